The number of rotatable bonds is 8. The molecule has 2 aromatic heterocycles. The van der Waals surface area contributed by atoms with E-state index < -0.39 is 0 Å². The first-order chi connectivity index (χ1) is 16.1. The van der Waals surface area contributed by atoms with Gasteiger partial charge in [-0.2, -0.15) is 0 Å². The molecule has 0 N–H and O–H groups in total. The largest absolute Gasteiger partial charge is 0.494 e. The highest BCUT2D eigenvalue weighted by Gasteiger charge is 2.24. The third kappa shape index (κ3) is 5.06. The van der Waals surface area contributed by atoms with Crippen LogP contribution in [0.1, 0.15) is 13.8 Å². The van der Waals surface area contributed by atoms with Gasteiger partial charge in [0.25, 0.3) is 0 Å². The zero-order chi connectivity index (χ0) is 23.2. The molecule has 0 radical (unpaired) electrons. The molecule has 0 aliphatic rings. The van der Waals surface area contributed by atoms with Gasteiger partial charge in [-0.1, -0.05) is 30.0 Å². The molecule has 168 valence electrons. The van der Waals surface area contributed by atoms with Crippen LogP contribution >= 0.6 is 11.8 Å². The van der Waals surface area contributed by atoms with Crippen molar-refractivity contribution in [3.8, 4) is 22.8 Å². The van der Waals surface area contributed by atoms with E-state index in [2.05, 4.69) is 15.2 Å². The molecule has 1 amide bonds. The number of benzene rings is 2. The van der Waals surface area contributed by atoms with Gasteiger partial charge in [-0.15, -0.1) is 10.2 Å². The summed E-state index contributed by atoms with van der Waals surface area (Å²) < 4.78 is 7.53. The Kier molecular flexibility index (Phi) is 7.04. The molecular formula is C25H25N5O2S. The van der Waals surface area contributed by atoms with E-state index in [4.69, 9.17) is 4.74 Å². The minimum Gasteiger partial charge on any atom is -0.494 e. The van der Waals surface area contributed by atoms with Gasteiger partial charge in [0.2, 0.25) is 5.91 Å². The van der Waals surface area contributed by atoms with E-state index in [1.165, 1.54) is 11.8 Å². The lowest BCUT2D eigenvalue weighted by molar-refractivity contribution is -0.117. The number of carbonyl (C=O) groups is 1. The van der Waals surface area contributed by atoms with Gasteiger partial charge in [-0.25, -0.2) is 0 Å². The van der Waals surface area contributed by atoms with Gasteiger partial charge in [-0.05, 0) is 62.4 Å². The van der Waals surface area contributed by atoms with Gasteiger partial charge in [0.1, 0.15) is 5.75 Å². The topological polar surface area (TPSA) is 73.1 Å². The Hall–Kier alpha value is -3.65. The van der Waals surface area contributed by atoms with Crippen molar-refractivity contribution in [2.45, 2.75) is 24.3 Å². The van der Waals surface area contributed by atoms with E-state index in [9.17, 15) is 4.79 Å². The summed E-state index contributed by atoms with van der Waals surface area (Å²) >= 11 is 1.37. The van der Waals surface area contributed by atoms with Crippen molar-refractivity contribution in [2.75, 3.05) is 18.6 Å². The number of anilines is 1. The van der Waals surface area contributed by atoms with Crippen LogP contribution in [-0.4, -0.2) is 44.6 Å². The molecule has 4 rings (SSSR count). The van der Waals surface area contributed by atoms with Crippen LogP contribution in [-0.2, 0) is 4.79 Å². The number of ether oxygens (including phenoxy) is 1. The molecule has 0 saturated carbocycles. The normalized spacial score (nSPS) is 11.7. The van der Waals surface area contributed by atoms with Gasteiger partial charge in [0, 0.05) is 36.4 Å². The van der Waals surface area contributed by atoms with E-state index in [-0.39, 0.29) is 11.2 Å². The Balaban J connectivity index is 1.66. The summed E-state index contributed by atoms with van der Waals surface area (Å²) in [6.07, 6.45) is 3.47. The lowest BCUT2D eigenvalue weighted by Crippen LogP contribution is -2.33. The Labute approximate surface area is 197 Å². The van der Waals surface area contributed by atoms with Crippen molar-refractivity contribution in [2.24, 2.45) is 0 Å². The summed E-state index contributed by atoms with van der Waals surface area (Å²) in [4.78, 5) is 19.0. The second-order valence-electron chi connectivity index (χ2n) is 7.30. The highest BCUT2D eigenvalue weighted by Crippen LogP contribution is 2.31. The van der Waals surface area contributed by atoms with Crippen LogP contribution in [0.25, 0.3) is 17.1 Å². The number of amides is 1. The zero-order valence-corrected chi connectivity index (χ0v) is 19.6. The van der Waals surface area contributed by atoms with Crippen molar-refractivity contribution < 1.29 is 9.53 Å². The maximum atomic E-state index is 13.1. The van der Waals surface area contributed by atoms with Crippen LogP contribution in [0.15, 0.2) is 84.3 Å². The number of carbonyl (C=O) groups excluding carboxylic acids is 1. The predicted molar refractivity (Wildman–Crippen MR) is 131 cm³/mol. The maximum absolute atomic E-state index is 13.1. The highest BCUT2D eigenvalue weighted by molar-refractivity contribution is 8.00. The van der Waals surface area contributed by atoms with Crippen LogP contribution in [0, 0.1) is 0 Å². The number of para-hydroxylation sites is 1. The molecule has 0 fully saturated rings. The molecule has 4 aromatic rings. The van der Waals surface area contributed by atoms with Crippen LogP contribution in [0.5, 0.6) is 5.75 Å². The molecule has 8 heteroatoms. The molecule has 1 atom stereocenters. The molecule has 33 heavy (non-hydrogen) atoms. The summed E-state index contributed by atoms with van der Waals surface area (Å²) in [6.45, 7) is 4.43. The van der Waals surface area contributed by atoms with Crippen molar-refractivity contribution in [3.05, 3.63) is 79.1 Å². The number of hydrogen-bond donors (Lipinski definition) is 0. The third-order valence-corrected chi connectivity index (χ3v) is 6.09. The molecule has 0 saturated heterocycles. The third-order valence-electron chi connectivity index (χ3n) is 5.06. The fourth-order valence-electron chi connectivity index (χ4n) is 3.38. The van der Waals surface area contributed by atoms with Crippen LogP contribution < -0.4 is 9.64 Å². The van der Waals surface area contributed by atoms with Gasteiger partial charge in [0.05, 0.1) is 11.9 Å². The first kappa shape index (κ1) is 22.5. The summed E-state index contributed by atoms with van der Waals surface area (Å²) in [6, 6.07) is 21.1. The Bertz CT molecular complexity index is 1200. The van der Waals surface area contributed by atoms with E-state index in [0.29, 0.717) is 17.6 Å². The first-order valence-corrected chi connectivity index (χ1v) is 11.5. The van der Waals surface area contributed by atoms with Crippen LogP contribution in [0.3, 0.4) is 0 Å². The molecule has 0 spiro atoms. The molecule has 7 nitrogen and oxygen atoms in total. The maximum Gasteiger partial charge on any atom is 0.240 e. The number of aromatic nitrogens is 4. The number of nitrogens with zero attached hydrogens (tertiary/aromatic N) is 5. The van der Waals surface area contributed by atoms with Crippen molar-refractivity contribution in [3.63, 3.8) is 0 Å². The van der Waals surface area contributed by atoms with Gasteiger partial charge in [-0.3, -0.25) is 14.3 Å². The Morgan fingerprint density at radius 2 is 1.82 bits per heavy atom. The molecular weight excluding hydrogens is 434 g/mol. The molecule has 2 heterocycles. The van der Waals surface area contributed by atoms with E-state index in [0.717, 1.165) is 22.7 Å². The number of hydrogen-bond acceptors (Lipinski definition) is 6. The average molecular weight is 460 g/mol. The van der Waals surface area contributed by atoms with Gasteiger partial charge >= 0.3 is 0 Å². The molecule has 0 unspecified atom stereocenters. The van der Waals surface area contributed by atoms with Crippen molar-refractivity contribution >= 4 is 23.4 Å². The van der Waals surface area contributed by atoms with Gasteiger partial charge in [0.15, 0.2) is 11.0 Å². The fraction of sp³-hybridized carbons (Fsp3) is 0.200. The lowest BCUT2D eigenvalue weighted by Gasteiger charge is -2.21. The van der Waals surface area contributed by atoms with Crippen LogP contribution in [0.2, 0.25) is 0 Å². The Morgan fingerprint density at radius 3 is 2.48 bits per heavy atom. The zero-order valence-electron chi connectivity index (χ0n) is 18.8. The smallest absolute Gasteiger partial charge is 0.240 e. The summed E-state index contributed by atoms with van der Waals surface area (Å²) in [5.41, 5.74) is 2.56. The van der Waals surface area contributed by atoms with E-state index in [1.54, 1.807) is 24.3 Å². The van der Waals surface area contributed by atoms with Crippen molar-refractivity contribution in [1.29, 1.82) is 0 Å². The minimum absolute atomic E-state index is 0.0182. The molecule has 2 aromatic carbocycles. The quantitative estimate of drug-likeness (QED) is 0.350. The van der Waals surface area contributed by atoms with E-state index >= 15 is 0 Å². The summed E-state index contributed by atoms with van der Waals surface area (Å²) in [5, 5.41) is 9.11. The first-order valence-electron chi connectivity index (χ1n) is 10.7. The average Bonchev–Trinajstić information content (AvgIpc) is 3.28. The second kappa shape index (κ2) is 10.3. The predicted octanol–water partition coefficient (Wildman–Crippen LogP) is 4.87. The van der Waals surface area contributed by atoms with E-state index in [1.807, 2.05) is 85.1 Å². The monoisotopic (exact) mass is 459 g/mol. The minimum atomic E-state index is -0.373. The second-order valence-corrected chi connectivity index (χ2v) is 8.61. The fourth-order valence-corrected chi connectivity index (χ4v) is 4.34. The Morgan fingerprint density at radius 1 is 1.06 bits per heavy atom. The molecule has 0 aliphatic carbocycles. The summed E-state index contributed by atoms with van der Waals surface area (Å²) in [7, 11) is 1.78. The molecule has 0 bridgehead atoms. The lowest BCUT2D eigenvalue weighted by atomic mass is 10.2. The number of pyridine rings is 1. The van der Waals surface area contributed by atoms with Crippen molar-refractivity contribution in [1.82, 2.24) is 19.7 Å². The molecule has 0 aliphatic heterocycles. The van der Waals surface area contributed by atoms with Crippen LogP contribution in [0.4, 0.5) is 5.69 Å². The summed E-state index contributed by atoms with van der Waals surface area (Å²) in [5.74, 6) is 1.43. The number of thioether (sulfide) groups is 1. The SMILES string of the molecule is CCOc1ccc(-n2c(S[C@H](C)C(=O)N(C)c3ccccc3)nnc2-c2cccnc2)cc1. The van der Waals surface area contributed by atoms with Gasteiger partial charge < -0.3 is 9.64 Å². The highest BCUT2D eigenvalue weighted by atomic mass is 32.2. The standard InChI is InChI=1S/C25H25N5O2S/c1-4-32-22-14-12-21(13-15-22)30-23(19-9-8-16-26-17-19)27-28-25(30)33-18(2)24(31)29(3)20-10-6-5-7-11-20/h5-18H,4H2,1-3H3/t18-/m1/s1.